The molecule has 1 aliphatic heterocycles. The molecule has 0 aliphatic carbocycles. The van der Waals surface area contributed by atoms with E-state index in [9.17, 15) is 4.79 Å². The van der Waals surface area contributed by atoms with Crippen LogP contribution in [0.3, 0.4) is 0 Å². The first-order chi connectivity index (χ1) is 9.15. The lowest BCUT2D eigenvalue weighted by molar-refractivity contribution is 0.0532. The van der Waals surface area contributed by atoms with Gasteiger partial charge in [-0.2, -0.15) is 0 Å². The van der Waals surface area contributed by atoms with Crippen LogP contribution in [0.1, 0.15) is 23.0 Å². The van der Waals surface area contributed by atoms with Crippen molar-refractivity contribution in [1.29, 1.82) is 0 Å². The number of hydrogen-bond acceptors (Lipinski definition) is 7. The number of anilines is 1. The van der Waals surface area contributed by atoms with Crippen LogP contribution in [0, 0.1) is 0 Å². The van der Waals surface area contributed by atoms with Crippen molar-refractivity contribution in [2.75, 3.05) is 31.7 Å². The molecule has 6 nitrogen and oxygen atoms in total. The molecule has 2 N–H and O–H groups in total. The Kier molecular flexibility index (Phi) is 4.73. The lowest BCUT2D eigenvalue weighted by Crippen LogP contribution is -2.51. The van der Waals surface area contributed by atoms with Gasteiger partial charge in [-0.25, -0.2) is 9.78 Å². The Morgan fingerprint density at radius 1 is 1.68 bits per heavy atom. The lowest BCUT2D eigenvalue weighted by Gasteiger charge is -2.35. The van der Waals surface area contributed by atoms with Crippen molar-refractivity contribution in [3.05, 3.63) is 11.1 Å². The summed E-state index contributed by atoms with van der Waals surface area (Å²) in [6, 6.07) is 0.0609. The Bertz CT molecular complexity index is 438. The zero-order valence-corrected chi connectivity index (χ0v) is 12.0. The highest BCUT2D eigenvalue weighted by molar-refractivity contribution is 7.17. The average Bonchev–Trinajstić information content (AvgIpc) is 2.89. The molecule has 2 heterocycles. The van der Waals surface area contributed by atoms with Crippen molar-refractivity contribution < 1.29 is 14.3 Å². The highest BCUT2D eigenvalue weighted by Gasteiger charge is 2.28. The second kappa shape index (κ2) is 6.31. The number of esters is 1. The molecular formula is C12H19N3O3S. The summed E-state index contributed by atoms with van der Waals surface area (Å²) in [6.07, 6.45) is 2.42. The summed E-state index contributed by atoms with van der Waals surface area (Å²) < 4.78 is 10.3. The molecule has 7 heteroatoms. The SMILES string of the molecule is CCOC(=O)c1cnc(N2CC[C@@H](N)[C@@H](OC)C2)s1. The smallest absolute Gasteiger partial charge is 0.350 e. The Labute approximate surface area is 116 Å². The molecule has 0 amide bonds. The monoisotopic (exact) mass is 285 g/mol. The molecule has 19 heavy (non-hydrogen) atoms. The van der Waals surface area contributed by atoms with Crippen molar-refractivity contribution >= 4 is 22.4 Å². The standard InChI is InChI=1S/C12H19N3O3S/c1-3-18-11(16)10-6-14-12(19-10)15-5-4-8(13)9(7-15)17-2/h6,8-9H,3-5,7,13H2,1-2H3/t8-,9+/m1/s1. The van der Waals surface area contributed by atoms with E-state index in [0.717, 1.165) is 18.1 Å². The number of thiazole rings is 1. The van der Waals surface area contributed by atoms with Crippen LogP contribution in [0.15, 0.2) is 6.20 Å². The summed E-state index contributed by atoms with van der Waals surface area (Å²) in [4.78, 5) is 18.5. The molecule has 2 rings (SSSR count). The molecular weight excluding hydrogens is 266 g/mol. The number of rotatable bonds is 4. The van der Waals surface area contributed by atoms with Gasteiger partial charge in [0.2, 0.25) is 0 Å². The van der Waals surface area contributed by atoms with Gasteiger partial charge in [-0.15, -0.1) is 0 Å². The maximum atomic E-state index is 11.6. The van der Waals surface area contributed by atoms with Crippen LogP contribution in [-0.4, -0.2) is 49.9 Å². The first-order valence-electron chi connectivity index (χ1n) is 6.32. The first-order valence-corrected chi connectivity index (χ1v) is 7.13. The van der Waals surface area contributed by atoms with E-state index in [1.54, 1.807) is 20.2 Å². The number of carbonyl (C=O) groups is 1. The molecule has 1 aromatic rings. The molecule has 1 aromatic heterocycles. The van der Waals surface area contributed by atoms with Gasteiger partial charge in [0, 0.05) is 26.2 Å². The highest BCUT2D eigenvalue weighted by Crippen LogP contribution is 2.26. The van der Waals surface area contributed by atoms with Gasteiger partial charge in [-0.1, -0.05) is 11.3 Å². The van der Waals surface area contributed by atoms with E-state index in [2.05, 4.69) is 9.88 Å². The molecule has 2 atom stereocenters. The van der Waals surface area contributed by atoms with E-state index in [1.165, 1.54) is 11.3 Å². The maximum absolute atomic E-state index is 11.6. The van der Waals surface area contributed by atoms with E-state index in [1.807, 2.05) is 0 Å². The topological polar surface area (TPSA) is 77.7 Å². The fourth-order valence-electron chi connectivity index (χ4n) is 2.07. The number of ether oxygens (including phenoxy) is 2. The minimum Gasteiger partial charge on any atom is -0.462 e. The van der Waals surface area contributed by atoms with Crippen molar-refractivity contribution in [2.24, 2.45) is 5.73 Å². The molecule has 0 spiro atoms. The summed E-state index contributed by atoms with van der Waals surface area (Å²) in [5, 5.41) is 0.817. The fraction of sp³-hybridized carbons (Fsp3) is 0.667. The number of carbonyl (C=O) groups excluding carboxylic acids is 1. The van der Waals surface area contributed by atoms with Crippen LogP contribution in [0.2, 0.25) is 0 Å². The number of nitrogens with zero attached hydrogens (tertiary/aromatic N) is 2. The third-order valence-electron chi connectivity index (χ3n) is 3.15. The number of hydrogen-bond donors (Lipinski definition) is 1. The molecule has 1 saturated heterocycles. The van der Waals surface area contributed by atoms with Crippen LogP contribution >= 0.6 is 11.3 Å². The van der Waals surface area contributed by atoms with Gasteiger partial charge in [0.25, 0.3) is 0 Å². The third kappa shape index (κ3) is 3.23. The minimum absolute atomic E-state index is 0.00342. The molecule has 1 fully saturated rings. The zero-order valence-electron chi connectivity index (χ0n) is 11.2. The number of nitrogens with two attached hydrogens (primary N) is 1. The zero-order chi connectivity index (χ0) is 13.8. The summed E-state index contributed by atoms with van der Waals surface area (Å²) in [6.45, 7) is 3.69. The van der Waals surface area contributed by atoms with Gasteiger partial charge in [0.1, 0.15) is 4.88 Å². The van der Waals surface area contributed by atoms with Gasteiger partial charge in [-0.3, -0.25) is 0 Å². The molecule has 0 unspecified atom stereocenters. The van der Waals surface area contributed by atoms with Crippen LogP contribution in [0.25, 0.3) is 0 Å². The summed E-state index contributed by atoms with van der Waals surface area (Å²) in [5.74, 6) is -0.316. The normalized spacial score (nSPS) is 23.4. The van der Waals surface area contributed by atoms with Crippen LogP contribution in [0.4, 0.5) is 5.13 Å². The number of methoxy groups -OCH3 is 1. The van der Waals surface area contributed by atoms with Gasteiger partial charge >= 0.3 is 5.97 Å². The number of aromatic nitrogens is 1. The second-order valence-corrected chi connectivity index (χ2v) is 5.41. The van der Waals surface area contributed by atoms with Gasteiger partial charge < -0.3 is 20.1 Å². The van der Waals surface area contributed by atoms with E-state index in [0.29, 0.717) is 18.0 Å². The minimum atomic E-state index is -0.316. The quantitative estimate of drug-likeness (QED) is 0.827. The highest BCUT2D eigenvalue weighted by atomic mass is 32.1. The molecule has 0 bridgehead atoms. The van der Waals surface area contributed by atoms with Crippen molar-refractivity contribution in [2.45, 2.75) is 25.5 Å². The molecule has 0 saturated carbocycles. The number of piperidine rings is 1. The summed E-state index contributed by atoms with van der Waals surface area (Å²) in [5.41, 5.74) is 5.98. The van der Waals surface area contributed by atoms with Crippen molar-refractivity contribution in [3.8, 4) is 0 Å². The summed E-state index contributed by atoms with van der Waals surface area (Å²) in [7, 11) is 1.67. The van der Waals surface area contributed by atoms with Crippen LogP contribution in [-0.2, 0) is 9.47 Å². The predicted octanol–water partition coefficient (Wildman–Crippen LogP) is 0.872. The van der Waals surface area contributed by atoms with Crippen molar-refractivity contribution in [1.82, 2.24) is 4.98 Å². The van der Waals surface area contributed by atoms with E-state index < -0.39 is 0 Å². The largest absolute Gasteiger partial charge is 0.462 e. The average molecular weight is 285 g/mol. The Morgan fingerprint density at radius 3 is 3.16 bits per heavy atom. The van der Waals surface area contributed by atoms with Crippen LogP contribution in [0.5, 0.6) is 0 Å². The Balaban J connectivity index is 2.04. The molecule has 0 radical (unpaired) electrons. The fourth-order valence-corrected chi connectivity index (χ4v) is 2.91. The molecule has 106 valence electrons. The van der Waals surface area contributed by atoms with Gasteiger partial charge in [0.15, 0.2) is 5.13 Å². The molecule has 1 aliphatic rings. The van der Waals surface area contributed by atoms with E-state index >= 15 is 0 Å². The maximum Gasteiger partial charge on any atom is 0.350 e. The predicted molar refractivity (Wildman–Crippen MR) is 73.7 cm³/mol. The second-order valence-electron chi connectivity index (χ2n) is 4.40. The Morgan fingerprint density at radius 2 is 2.47 bits per heavy atom. The summed E-state index contributed by atoms with van der Waals surface area (Å²) >= 11 is 1.35. The third-order valence-corrected chi connectivity index (χ3v) is 4.19. The molecule has 0 aromatic carbocycles. The lowest BCUT2D eigenvalue weighted by atomic mass is 10.0. The van der Waals surface area contributed by atoms with Gasteiger partial charge in [-0.05, 0) is 13.3 Å². The van der Waals surface area contributed by atoms with Crippen LogP contribution < -0.4 is 10.6 Å². The first kappa shape index (κ1) is 14.2. The van der Waals surface area contributed by atoms with Gasteiger partial charge in [0.05, 0.1) is 18.9 Å². The van der Waals surface area contributed by atoms with Crippen molar-refractivity contribution in [3.63, 3.8) is 0 Å². The Hall–Kier alpha value is -1.18. The van der Waals surface area contributed by atoms with E-state index in [4.69, 9.17) is 15.2 Å². The van der Waals surface area contributed by atoms with E-state index in [-0.39, 0.29) is 18.1 Å².